The summed E-state index contributed by atoms with van der Waals surface area (Å²) in [7, 11) is 0. The molecule has 1 amide bonds. The van der Waals surface area contributed by atoms with Crippen LogP contribution in [0.1, 0.15) is 68.0 Å². The van der Waals surface area contributed by atoms with Gasteiger partial charge in [-0.25, -0.2) is 13.5 Å². The maximum atomic E-state index is 13.9. The van der Waals surface area contributed by atoms with Crippen molar-refractivity contribution in [3.8, 4) is 0 Å². The molecule has 0 bridgehead atoms. The lowest BCUT2D eigenvalue weighted by molar-refractivity contribution is 0.0488. The van der Waals surface area contributed by atoms with E-state index in [9.17, 15) is 13.6 Å². The van der Waals surface area contributed by atoms with Gasteiger partial charge in [-0.2, -0.15) is 5.10 Å². The summed E-state index contributed by atoms with van der Waals surface area (Å²) in [5, 5.41) is 11.7. The Morgan fingerprint density at radius 2 is 2.10 bits per heavy atom. The lowest BCUT2D eigenvalue weighted by Crippen LogP contribution is -2.48. The molecule has 1 saturated heterocycles. The summed E-state index contributed by atoms with van der Waals surface area (Å²) < 4.78 is 34.4. The third-order valence-electron chi connectivity index (χ3n) is 6.09. The van der Waals surface area contributed by atoms with Crippen LogP contribution < -0.4 is 5.32 Å². The number of piperidine rings is 1. The molecule has 0 radical (unpaired) electrons. The van der Waals surface area contributed by atoms with Crippen LogP contribution >= 0.6 is 0 Å². The molecule has 0 spiro atoms. The molecule has 164 valence electrons. The number of aryl methyl sites for hydroxylation is 1. The highest BCUT2D eigenvalue weighted by Crippen LogP contribution is 2.38. The molecule has 0 saturated carbocycles. The van der Waals surface area contributed by atoms with E-state index < -0.39 is 12.5 Å². The first-order valence-electron chi connectivity index (χ1n) is 10.5. The highest BCUT2D eigenvalue weighted by Gasteiger charge is 2.40. The summed E-state index contributed by atoms with van der Waals surface area (Å²) in [5.41, 5.74) is 1.22. The SMILES string of the molecule is Cc1cc(C(=O)N2CCCC([C@@H]3C[C@H](C(F)F)n4nc(C(C)(C)C)cc4N3)C2)on1. The molecule has 3 atom stereocenters. The molecule has 1 N–H and O–H groups in total. The normalized spacial score (nSPS) is 24.6. The second-order valence-electron chi connectivity index (χ2n) is 9.48. The van der Waals surface area contributed by atoms with Crippen molar-refractivity contribution in [3.63, 3.8) is 0 Å². The molecule has 0 aliphatic carbocycles. The second kappa shape index (κ2) is 7.67. The van der Waals surface area contributed by atoms with Crippen molar-refractivity contribution in [1.82, 2.24) is 19.8 Å². The number of fused-ring (bicyclic) bond motifs is 1. The van der Waals surface area contributed by atoms with Gasteiger partial charge in [-0.1, -0.05) is 25.9 Å². The molecule has 4 rings (SSSR count). The van der Waals surface area contributed by atoms with Gasteiger partial charge in [-0.3, -0.25) is 4.79 Å². The van der Waals surface area contributed by atoms with Crippen molar-refractivity contribution in [3.05, 3.63) is 29.3 Å². The Balaban J connectivity index is 1.53. The smallest absolute Gasteiger partial charge is 0.292 e. The van der Waals surface area contributed by atoms with Crippen molar-refractivity contribution in [2.24, 2.45) is 5.92 Å². The van der Waals surface area contributed by atoms with Crippen LogP contribution in [0.3, 0.4) is 0 Å². The largest absolute Gasteiger partial charge is 0.367 e. The minimum atomic E-state index is -2.50. The van der Waals surface area contributed by atoms with E-state index in [-0.39, 0.29) is 35.5 Å². The van der Waals surface area contributed by atoms with Crippen molar-refractivity contribution in [1.29, 1.82) is 0 Å². The molecule has 2 aromatic rings. The minimum Gasteiger partial charge on any atom is -0.367 e. The van der Waals surface area contributed by atoms with Gasteiger partial charge in [-0.15, -0.1) is 0 Å². The molecule has 30 heavy (non-hydrogen) atoms. The summed E-state index contributed by atoms with van der Waals surface area (Å²) in [6.45, 7) is 8.97. The Labute approximate surface area is 174 Å². The molecule has 7 nitrogen and oxygen atoms in total. The fourth-order valence-corrected chi connectivity index (χ4v) is 4.39. The van der Waals surface area contributed by atoms with Crippen molar-refractivity contribution < 1.29 is 18.1 Å². The van der Waals surface area contributed by atoms with Gasteiger partial charge in [-0.05, 0) is 32.1 Å². The Bertz CT molecular complexity index is 917. The van der Waals surface area contributed by atoms with Gasteiger partial charge in [0.15, 0.2) is 0 Å². The predicted molar refractivity (Wildman–Crippen MR) is 108 cm³/mol. The lowest BCUT2D eigenvalue weighted by Gasteiger charge is -2.40. The van der Waals surface area contributed by atoms with Gasteiger partial charge in [0.2, 0.25) is 5.76 Å². The van der Waals surface area contributed by atoms with Crippen LogP contribution in [0.2, 0.25) is 0 Å². The van der Waals surface area contributed by atoms with Crippen molar-refractivity contribution in [2.45, 2.75) is 70.9 Å². The summed E-state index contributed by atoms with van der Waals surface area (Å²) in [5.74, 6) is 0.746. The molecule has 2 aliphatic heterocycles. The van der Waals surface area contributed by atoms with Gasteiger partial charge >= 0.3 is 0 Å². The number of hydrogen-bond acceptors (Lipinski definition) is 5. The predicted octanol–water partition coefficient (Wildman–Crippen LogP) is 4.02. The lowest BCUT2D eigenvalue weighted by atomic mass is 9.85. The zero-order valence-corrected chi connectivity index (χ0v) is 17.9. The third-order valence-corrected chi connectivity index (χ3v) is 6.09. The number of nitrogens with zero attached hydrogens (tertiary/aromatic N) is 4. The van der Waals surface area contributed by atoms with Gasteiger partial charge in [0.1, 0.15) is 11.9 Å². The van der Waals surface area contributed by atoms with E-state index in [4.69, 9.17) is 4.52 Å². The number of halogens is 2. The quantitative estimate of drug-likeness (QED) is 0.810. The Hall–Kier alpha value is -2.45. The Kier molecular flexibility index (Phi) is 5.32. The number of anilines is 1. The summed E-state index contributed by atoms with van der Waals surface area (Å²) in [6, 6.07) is 2.40. The number of hydrogen-bond donors (Lipinski definition) is 1. The number of amides is 1. The third kappa shape index (κ3) is 3.94. The molecular weight excluding hydrogens is 392 g/mol. The first-order valence-corrected chi connectivity index (χ1v) is 10.5. The first-order chi connectivity index (χ1) is 14.1. The molecule has 0 aromatic carbocycles. The topological polar surface area (TPSA) is 76.2 Å². The Morgan fingerprint density at radius 1 is 1.33 bits per heavy atom. The standard InChI is InChI=1S/C21H29F2N5O2/c1-12-8-16(30-26-12)20(29)27-7-5-6-13(11-27)14-9-15(19(22)23)28-18(24-14)10-17(25-28)21(2,3)4/h8,10,13-15,19,24H,5-7,9,11H2,1-4H3/t13?,14-,15+/m0/s1. The van der Waals surface area contributed by atoms with E-state index >= 15 is 0 Å². The second-order valence-corrected chi connectivity index (χ2v) is 9.48. The van der Waals surface area contributed by atoms with Gasteiger partial charge in [0, 0.05) is 36.7 Å². The maximum absolute atomic E-state index is 13.9. The highest BCUT2D eigenvalue weighted by molar-refractivity contribution is 5.91. The number of carbonyl (C=O) groups is 1. The number of nitrogens with one attached hydrogen (secondary N) is 1. The zero-order valence-electron chi connectivity index (χ0n) is 17.9. The number of likely N-dealkylation sites (tertiary alicyclic amines) is 1. The number of rotatable bonds is 3. The van der Waals surface area contributed by atoms with E-state index in [1.165, 1.54) is 4.68 Å². The molecule has 1 unspecified atom stereocenters. The molecule has 2 aromatic heterocycles. The molecule has 1 fully saturated rings. The number of aromatic nitrogens is 3. The van der Waals surface area contributed by atoms with Gasteiger partial charge in [0.05, 0.1) is 11.4 Å². The molecule has 2 aliphatic rings. The summed E-state index contributed by atoms with van der Waals surface area (Å²) in [4.78, 5) is 14.5. The van der Waals surface area contributed by atoms with Crippen LogP contribution in [-0.2, 0) is 5.41 Å². The number of carbonyl (C=O) groups excluding carboxylic acids is 1. The van der Waals surface area contributed by atoms with Crippen LogP contribution in [-0.4, -0.2) is 51.3 Å². The average Bonchev–Trinajstić information content (AvgIpc) is 3.32. The van der Waals surface area contributed by atoms with E-state index in [1.807, 2.05) is 26.8 Å². The maximum Gasteiger partial charge on any atom is 0.292 e. The fraction of sp³-hybridized carbons (Fsp3) is 0.667. The summed E-state index contributed by atoms with van der Waals surface area (Å²) >= 11 is 0. The highest BCUT2D eigenvalue weighted by atomic mass is 19.3. The van der Waals surface area contributed by atoms with E-state index in [0.717, 1.165) is 18.5 Å². The van der Waals surface area contributed by atoms with E-state index in [1.54, 1.807) is 17.9 Å². The minimum absolute atomic E-state index is 0.0784. The summed E-state index contributed by atoms with van der Waals surface area (Å²) in [6.07, 6.45) is -0.510. The van der Waals surface area contributed by atoms with Crippen LogP contribution in [0.5, 0.6) is 0 Å². The van der Waals surface area contributed by atoms with Gasteiger partial charge < -0.3 is 14.7 Å². The molecule has 9 heteroatoms. The Morgan fingerprint density at radius 3 is 2.73 bits per heavy atom. The average molecular weight is 421 g/mol. The zero-order chi connectivity index (χ0) is 21.6. The van der Waals surface area contributed by atoms with Gasteiger partial charge in [0.25, 0.3) is 12.3 Å². The fourth-order valence-electron chi connectivity index (χ4n) is 4.39. The van der Waals surface area contributed by atoms with Crippen LogP contribution in [0.15, 0.2) is 16.7 Å². The first kappa shape index (κ1) is 20.8. The number of alkyl halides is 2. The van der Waals surface area contributed by atoms with Crippen LogP contribution in [0.25, 0.3) is 0 Å². The van der Waals surface area contributed by atoms with E-state index in [0.29, 0.717) is 24.6 Å². The van der Waals surface area contributed by atoms with E-state index in [2.05, 4.69) is 15.6 Å². The monoisotopic (exact) mass is 421 g/mol. The molecular formula is C21H29F2N5O2. The molecule has 4 heterocycles. The van der Waals surface area contributed by atoms with Crippen LogP contribution in [0.4, 0.5) is 14.6 Å². The van der Waals surface area contributed by atoms with Crippen LogP contribution in [0, 0.1) is 12.8 Å². The van der Waals surface area contributed by atoms with Crippen molar-refractivity contribution in [2.75, 3.05) is 18.4 Å². The van der Waals surface area contributed by atoms with Crippen molar-refractivity contribution >= 4 is 11.7 Å².